The molecule has 2 rings (SSSR count). The molecule has 1 atom stereocenters. The normalized spacial score (nSPS) is 11.9. The zero-order chi connectivity index (χ0) is 18.2. The maximum absolute atomic E-state index is 12.2. The number of hydrogen-bond donors (Lipinski definition) is 1. The van der Waals surface area contributed by atoms with Gasteiger partial charge in [-0.3, -0.25) is 4.79 Å². The van der Waals surface area contributed by atoms with Crippen molar-refractivity contribution in [3.8, 4) is 11.5 Å². The van der Waals surface area contributed by atoms with E-state index in [4.69, 9.17) is 9.47 Å². The molecule has 0 aromatic heterocycles. The van der Waals surface area contributed by atoms with Gasteiger partial charge in [0.15, 0.2) is 6.10 Å². The Morgan fingerprint density at radius 2 is 1.72 bits per heavy atom. The highest BCUT2D eigenvalue weighted by Crippen LogP contribution is 2.26. The lowest BCUT2D eigenvalue weighted by molar-refractivity contribution is -0.127. The van der Waals surface area contributed by atoms with Gasteiger partial charge in [-0.25, -0.2) is 0 Å². The lowest BCUT2D eigenvalue weighted by atomic mass is 10.0. The number of carbonyl (C=O) groups excluding carboxylic acids is 1. The molecule has 2 aromatic carbocycles. The van der Waals surface area contributed by atoms with Gasteiger partial charge in [0.25, 0.3) is 5.91 Å². The summed E-state index contributed by atoms with van der Waals surface area (Å²) in [6.07, 6.45) is -0.556. The second-order valence-electron chi connectivity index (χ2n) is 6.41. The molecule has 1 N–H and O–H groups in total. The summed E-state index contributed by atoms with van der Waals surface area (Å²) in [7, 11) is 0. The fourth-order valence-corrected chi connectivity index (χ4v) is 2.43. The Morgan fingerprint density at radius 1 is 1.04 bits per heavy atom. The Bertz CT molecular complexity index is 680. The third-order valence-electron chi connectivity index (χ3n) is 3.90. The van der Waals surface area contributed by atoms with Crippen LogP contribution in [0.25, 0.3) is 0 Å². The van der Waals surface area contributed by atoms with Crippen molar-refractivity contribution in [3.63, 3.8) is 0 Å². The second kappa shape index (κ2) is 9.11. The van der Waals surface area contributed by atoms with E-state index in [0.717, 1.165) is 17.1 Å². The molecule has 0 saturated heterocycles. The highest BCUT2D eigenvalue weighted by atomic mass is 16.5. The number of hydrogen-bond acceptors (Lipinski definition) is 3. The summed E-state index contributed by atoms with van der Waals surface area (Å²) in [6.45, 7) is 8.86. The minimum atomic E-state index is -0.556. The molecule has 1 amide bonds. The van der Waals surface area contributed by atoms with Crippen LogP contribution in [0.4, 0.5) is 0 Å². The summed E-state index contributed by atoms with van der Waals surface area (Å²) in [6, 6.07) is 15.7. The molecule has 1 unspecified atom stereocenters. The topological polar surface area (TPSA) is 47.6 Å². The molecule has 4 heteroatoms. The molecule has 25 heavy (non-hydrogen) atoms. The van der Waals surface area contributed by atoms with Crippen LogP contribution in [0.5, 0.6) is 11.5 Å². The summed E-state index contributed by atoms with van der Waals surface area (Å²) in [5, 5.41) is 2.84. The Kier molecular flexibility index (Phi) is 6.87. The Morgan fingerprint density at radius 3 is 2.40 bits per heavy atom. The van der Waals surface area contributed by atoms with Gasteiger partial charge in [0.2, 0.25) is 0 Å². The first-order valence-corrected chi connectivity index (χ1v) is 8.70. The molecule has 2 aromatic rings. The van der Waals surface area contributed by atoms with Crippen LogP contribution in [0.15, 0.2) is 48.5 Å². The second-order valence-corrected chi connectivity index (χ2v) is 6.41. The van der Waals surface area contributed by atoms with Crippen molar-refractivity contribution in [1.29, 1.82) is 0 Å². The molecule has 0 heterocycles. The van der Waals surface area contributed by atoms with Crippen LogP contribution >= 0.6 is 0 Å². The number of amides is 1. The SMILES string of the molecule is Cc1ccc(OCCNC(=O)C(C)Oc2ccccc2C(C)C)cc1. The number of nitrogens with one attached hydrogen (secondary N) is 1. The quantitative estimate of drug-likeness (QED) is 0.736. The van der Waals surface area contributed by atoms with E-state index in [0.29, 0.717) is 19.1 Å². The van der Waals surface area contributed by atoms with Crippen LogP contribution in [-0.2, 0) is 4.79 Å². The van der Waals surface area contributed by atoms with E-state index in [9.17, 15) is 4.79 Å². The van der Waals surface area contributed by atoms with Crippen LogP contribution in [-0.4, -0.2) is 25.2 Å². The molecule has 0 fully saturated rings. The average Bonchev–Trinajstić information content (AvgIpc) is 2.60. The van der Waals surface area contributed by atoms with E-state index in [-0.39, 0.29) is 5.91 Å². The highest BCUT2D eigenvalue weighted by Gasteiger charge is 2.16. The van der Waals surface area contributed by atoms with E-state index >= 15 is 0 Å². The van der Waals surface area contributed by atoms with Gasteiger partial charge in [-0.2, -0.15) is 0 Å². The number of carbonyl (C=O) groups is 1. The summed E-state index contributed by atoms with van der Waals surface area (Å²) >= 11 is 0. The highest BCUT2D eigenvalue weighted by molar-refractivity contribution is 5.80. The maximum Gasteiger partial charge on any atom is 0.260 e. The molecular formula is C21H27NO3. The first-order valence-electron chi connectivity index (χ1n) is 8.70. The molecule has 0 bridgehead atoms. The Balaban J connectivity index is 1.78. The summed E-state index contributed by atoms with van der Waals surface area (Å²) in [5.41, 5.74) is 2.29. The summed E-state index contributed by atoms with van der Waals surface area (Å²) in [4.78, 5) is 12.2. The lowest BCUT2D eigenvalue weighted by Crippen LogP contribution is -2.38. The summed E-state index contributed by atoms with van der Waals surface area (Å²) in [5.74, 6) is 1.76. The minimum Gasteiger partial charge on any atom is -0.492 e. The average molecular weight is 341 g/mol. The molecule has 0 aliphatic carbocycles. The van der Waals surface area contributed by atoms with E-state index in [1.807, 2.05) is 55.5 Å². The molecule has 0 radical (unpaired) electrons. The van der Waals surface area contributed by atoms with Crippen molar-refractivity contribution in [2.45, 2.75) is 39.7 Å². The number of para-hydroxylation sites is 1. The van der Waals surface area contributed by atoms with Crippen molar-refractivity contribution in [2.24, 2.45) is 0 Å². The van der Waals surface area contributed by atoms with Crippen molar-refractivity contribution in [3.05, 3.63) is 59.7 Å². The zero-order valence-corrected chi connectivity index (χ0v) is 15.4. The molecule has 0 aliphatic heterocycles. The van der Waals surface area contributed by atoms with E-state index in [2.05, 4.69) is 19.2 Å². The van der Waals surface area contributed by atoms with Gasteiger partial charge >= 0.3 is 0 Å². The van der Waals surface area contributed by atoms with Crippen LogP contribution in [0, 0.1) is 6.92 Å². The number of rotatable bonds is 8. The van der Waals surface area contributed by atoms with E-state index in [1.54, 1.807) is 6.92 Å². The van der Waals surface area contributed by atoms with Gasteiger partial charge in [0, 0.05) is 0 Å². The van der Waals surface area contributed by atoms with Crippen molar-refractivity contribution in [1.82, 2.24) is 5.32 Å². The Hall–Kier alpha value is -2.49. The first kappa shape index (κ1) is 18.8. The standard InChI is InChI=1S/C21H27NO3/c1-15(2)19-7-5-6-8-20(19)25-17(4)21(23)22-13-14-24-18-11-9-16(3)10-12-18/h5-12,15,17H,13-14H2,1-4H3,(H,22,23). The van der Waals surface area contributed by atoms with E-state index in [1.165, 1.54) is 5.56 Å². The number of benzene rings is 2. The smallest absolute Gasteiger partial charge is 0.260 e. The lowest BCUT2D eigenvalue weighted by Gasteiger charge is -2.18. The van der Waals surface area contributed by atoms with Crippen LogP contribution in [0.3, 0.4) is 0 Å². The van der Waals surface area contributed by atoms with Gasteiger partial charge in [-0.15, -0.1) is 0 Å². The largest absolute Gasteiger partial charge is 0.492 e. The maximum atomic E-state index is 12.2. The number of aryl methyl sites for hydroxylation is 1. The molecule has 0 spiro atoms. The molecule has 4 nitrogen and oxygen atoms in total. The fraction of sp³-hybridized carbons (Fsp3) is 0.381. The van der Waals surface area contributed by atoms with Gasteiger partial charge < -0.3 is 14.8 Å². The van der Waals surface area contributed by atoms with Crippen molar-refractivity contribution >= 4 is 5.91 Å². The number of ether oxygens (including phenoxy) is 2. The van der Waals surface area contributed by atoms with Gasteiger partial charge in [0.1, 0.15) is 18.1 Å². The predicted octanol–water partition coefficient (Wildman–Crippen LogP) is 4.08. The van der Waals surface area contributed by atoms with Gasteiger partial charge in [-0.1, -0.05) is 49.7 Å². The molecule has 0 aliphatic rings. The van der Waals surface area contributed by atoms with Gasteiger partial charge in [0.05, 0.1) is 6.54 Å². The molecule has 134 valence electrons. The third-order valence-corrected chi connectivity index (χ3v) is 3.90. The van der Waals surface area contributed by atoms with Crippen molar-refractivity contribution < 1.29 is 14.3 Å². The van der Waals surface area contributed by atoms with Crippen LogP contribution in [0.1, 0.15) is 37.8 Å². The zero-order valence-electron chi connectivity index (χ0n) is 15.4. The monoisotopic (exact) mass is 341 g/mol. The van der Waals surface area contributed by atoms with Crippen molar-refractivity contribution in [2.75, 3.05) is 13.2 Å². The minimum absolute atomic E-state index is 0.147. The molecule has 0 saturated carbocycles. The summed E-state index contributed by atoms with van der Waals surface area (Å²) < 4.78 is 11.4. The van der Waals surface area contributed by atoms with Crippen LogP contribution in [0.2, 0.25) is 0 Å². The Labute approximate surface area is 150 Å². The first-order chi connectivity index (χ1) is 12.0. The van der Waals surface area contributed by atoms with Gasteiger partial charge in [-0.05, 0) is 43.5 Å². The molecular weight excluding hydrogens is 314 g/mol. The third kappa shape index (κ3) is 5.82. The van der Waals surface area contributed by atoms with E-state index < -0.39 is 6.10 Å². The predicted molar refractivity (Wildman–Crippen MR) is 100 cm³/mol. The fourth-order valence-electron chi connectivity index (χ4n) is 2.43. The van der Waals surface area contributed by atoms with Crippen LogP contribution < -0.4 is 14.8 Å².